The molecule has 0 saturated heterocycles. The predicted octanol–water partition coefficient (Wildman–Crippen LogP) is 14.3. The normalized spacial score (nSPS) is 11.6. The van der Waals surface area contributed by atoms with Crippen molar-refractivity contribution < 1.29 is 4.57 Å². The highest BCUT2D eigenvalue weighted by molar-refractivity contribution is 4.84. The monoisotopic (exact) mass is 616 g/mol. The number of aryl methyl sites for hydroxylation is 2. The number of aromatic nitrogens is 2. The Kier molecular flexibility index (Phi) is 31.5. The molecule has 0 aliphatic heterocycles. The van der Waals surface area contributed by atoms with Crippen molar-refractivity contribution in [3.05, 3.63) is 18.2 Å². The van der Waals surface area contributed by atoms with Crippen molar-refractivity contribution in [2.24, 2.45) is 0 Å². The fourth-order valence-corrected chi connectivity index (χ4v) is 7.03. The van der Waals surface area contributed by atoms with E-state index in [0.717, 1.165) is 0 Å². The molecule has 0 aliphatic carbocycles. The van der Waals surface area contributed by atoms with Crippen LogP contribution in [0, 0.1) is 0 Å². The van der Waals surface area contributed by atoms with Crippen molar-refractivity contribution in [3.8, 4) is 0 Å². The molecule has 0 atom stereocenters. The molecule has 0 saturated carbocycles. The van der Waals surface area contributed by atoms with Crippen LogP contribution in [0.5, 0.6) is 0 Å². The second kappa shape index (κ2) is 33.6. The van der Waals surface area contributed by atoms with Gasteiger partial charge in [-0.05, 0) is 32.1 Å². The minimum atomic E-state index is 1.23. The summed E-state index contributed by atoms with van der Waals surface area (Å²) in [6.07, 6.45) is 53.4. The summed E-state index contributed by atoms with van der Waals surface area (Å²) in [5, 5.41) is 0. The molecule has 0 unspecified atom stereocenters. The molecule has 0 spiro atoms. The van der Waals surface area contributed by atoms with Gasteiger partial charge in [0.05, 0.1) is 13.1 Å². The Labute approximate surface area is 279 Å². The first kappa shape index (κ1) is 41.2. The van der Waals surface area contributed by atoms with Gasteiger partial charge in [0, 0.05) is 6.42 Å². The molecule has 0 amide bonds. The zero-order valence-electron chi connectivity index (χ0n) is 31.0. The predicted molar refractivity (Wildman–Crippen MR) is 198 cm³/mol. The van der Waals surface area contributed by atoms with Gasteiger partial charge < -0.3 is 0 Å². The summed E-state index contributed by atoms with van der Waals surface area (Å²) in [6.45, 7) is 9.41. The summed E-state index contributed by atoms with van der Waals surface area (Å²) in [7, 11) is 0. The third-order valence-electron chi connectivity index (χ3n) is 10.1. The van der Waals surface area contributed by atoms with Crippen LogP contribution in [-0.2, 0) is 19.5 Å². The van der Waals surface area contributed by atoms with Crippen LogP contribution in [0.2, 0.25) is 0 Å². The van der Waals surface area contributed by atoms with E-state index < -0.39 is 0 Å². The van der Waals surface area contributed by atoms with E-state index in [9.17, 15) is 0 Å². The van der Waals surface area contributed by atoms with E-state index in [4.69, 9.17) is 0 Å². The number of unbranched alkanes of at least 4 members (excludes halogenated alkanes) is 30. The topological polar surface area (TPSA) is 8.81 Å². The Morgan fingerprint density at radius 2 is 0.705 bits per heavy atom. The van der Waals surface area contributed by atoms with Crippen molar-refractivity contribution in [1.29, 1.82) is 0 Å². The lowest BCUT2D eigenvalue weighted by molar-refractivity contribution is -0.704. The third kappa shape index (κ3) is 25.4. The summed E-state index contributed by atoms with van der Waals surface area (Å²) >= 11 is 0. The first-order chi connectivity index (χ1) is 21.8. The first-order valence-electron chi connectivity index (χ1n) is 20.9. The highest BCUT2D eigenvalue weighted by Gasteiger charge is 2.16. The van der Waals surface area contributed by atoms with Crippen LogP contribution >= 0.6 is 0 Å². The van der Waals surface area contributed by atoms with Gasteiger partial charge in [0.25, 0.3) is 5.82 Å². The second-order valence-corrected chi connectivity index (χ2v) is 14.5. The van der Waals surface area contributed by atoms with Crippen LogP contribution in [0.4, 0.5) is 0 Å². The minimum absolute atomic E-state index is 1.23. The number of nitrogens with zero attached hydrogens (tertiary/aromatic N) is 2. The summed E-state index contributed by atoms with van der Waals surface area (Å²) in [6, 6.07) is 0. The Morgan fingerprint density at radius 3 is 1.09 bits per heavy atom. The van der Waals surface area contributed by atoms with Crippen molar-refractivity contribution in [1.82, 2.24) is 4.57 Å². The van der Waals surface area contributed by atoms with Gasteiger partial charge in [-0.15, -0.1) is 0 Å². The average Bonchev–Trinajstić information content (AvgIpc) is 3.42. The fourth-order valence-electron chi connectivity index (χ4n) is 7.03. The van der Waals surface area contributed by atoms with E-state index in [0.29, 0.717) is 0 Å². The lowest BCUT2D eigenvalue weighted by atomic mass is 10.0. The molecule has 1 rings (SSSR count). The quantitative estimate of drug-likeness (QED) is 0.0524. The summed E-state index contributed by atoms with van der Waals surface area (Å²) < 4.78 is 5.28. The second-order valence-electron chi connectivity index (χ2n) is 14.5. The Morgan fingerprint density at radius 1 is 0.386 bits per heavy atom. The van der Waals surface area contributed by atoms with Gasteiger partial charge in [-0.3, -0.25) is 0 Å². The zero-order chi connectivity index (χ0) is 31.6. The van der Waals surface area contributed by atoms with Gasteiger partial charge in [0.2, 0.25) is 0 Å². The van der Waals surface area contributed by atoms with Crippen molar-refractivity contribution >= 4 is 0 Å². The SMILES string of the molecule is CCCCCCCCCCCCCCc1n(CCCCCCCCCCC)cc[n+]1CCCCCCCCCCCCCC. The molecule has 0 aliphatic rings. The summed E-state index contributed by atoms with van der Waals surface area (Å²) in [5.41, 5.74) is 0. The molecule has 0 aromatic carbocycles. The van der Waals surface area contributed by atoms with E-state index in [1.807, 2.05) is 0 Å². The van der Waals surface area contributed by atoms with Gasteiger partial charge in [-0.1, -0.05) is 201 Å². The molecule has 260 valence electrons. The molecule has 44 heavy (non-hydrogen) atoms. The van der Waals surface area contributed by atoms with E-state index in [-0.39, 0.29) is 0 Å². The molecule has 1 aromatic heterocycles. The lowest BCUT2D eigenvalue weighted by Crippen LogP contribution is -2.37. The Hall–Kier alpha value is -0.790. The van der Waals surface area contributed by atoms with Crippen molar-refractivity contribution in [3.63, 3.8) is 0 Å². The summed E-state index contributed by atoms with van der Waals surface area (Å²) in [5.74, 6) is 1.62. The number of hydrogen-bond acceptors (Lipinski definition) is 0. The van der Waals surface area contributed by atoms with Crippen LogP contribution in [-0.4, -0.2) is 4.57 Å². The maximum atomic E-state index is 2.64. The average molecular weight is 616 g/mol. The van der Waals surface area contributed by atoms with Crippen LogP contribution in [0.3, 0.4) is 0 Å². The molecule has 0 bridgehead atoms. The van der Waals surface area contributed by atoms with Gasteiger partial charge in [0.1, 0.15) is 12.4 Å². The molecular weight excluding hydrogens is 532 g/mol. The third-order valence-corrected chi connectivity index (χ3v) is 10.1. The van der Waals surface area contributed by atoms with Gasteiger partial charge in [-0.25, -0.2) is 9.13 Å². The van der Waals surface area contributed by atoms with Crippen LogP contribution in [0.15, 0.2) is 12.4 Å². The van der Waals surface area contributed by atoms with E-state index in [2.05, 4.69) is 42.3 Å². The smallest absolute Gasteiger partial charge is 0.234 e. The minimum Gasteiger partial charge on any atom is -0.234 e. The Balaban J connectivity index is 2.29. The zero-order valence-corrected chi connectivity index (χ0v) is 31.0. The first-order valence-corrected chi connectivity index (χ1v) is 20.9. The van der Waals surface area contributed by atoms with Gasteiger partial charge in [-0.2, -0.15) is 0 Å². The highest BCUT2D eigenvalue weighted by Crippen LogP contribution is 2.15. The van der Waals surface area contributed by atoms with Crippen LogP contribution < -0.4 is 4.57 Å². The summed E-state index contributed by atoms with van der Waals surface area (Å²) in [4.78, 5) is 0. The van der Waals surface area contributed by atoms with Crippen LogP contribution in [0.1, 0.15) is 238 Å². The molecule has 2 heteroatoms. The molecular formula is C42H83N2+. The van der Waals surface area contributed by atoms with Gasteiger partial charge in [0.15, 0.2) is 0 Å². The standard InChI is InChI=1S/C42H83N2/c1-4-7-10-13-16-19-21-23-25-28-31-34-37-42-43(38-35-32-29-26-18-15-12-9-6-3)40-41-44(42)39-36-33-30-27-24-22-20-17-14-11-8-5-2/h40-41H,4-39H2,1-3H3/q+1. The molecule has 0 N–H and O–H groups in total. The van der Waals surface area contributed by atoms with E-state index in [1.54, 1.807) is 5.82 Å². The number of hydrogen-bond donors (Lipinski definition) is 0. The van der Waals surface area contributed by atoms with Gasteiger partial charge >= 0.3 is 0 Å². The van der Waals surface area contributed by atoms with E-state index >= 15 is 0 Å². The van der Waals surface area contributed by atoms with Crippen LogP contribution in [0.25, 0.3) is 0 Å². The van der Waals surface area contributed by atoms with Crippen molar-refractivity contribution in [2.75, 3.05) is 0 Å². The molecule has 0 radical (unpaired) electrons. The van der Waals surface area contributed by atoms with E-state index in [1.165, 1.54) is 231 Å². The lowest BCUT2D eigenvalue weighted by Gasteiger charge is -2.07. The molecule has 1 aromatic rings. The molecule has 1 heterocycles. The highest BCUT2D eigenvalue weighted by atomic mass is 15.1. The maximum absolute atomic E-state index is 2.64. The largest absolute Gasteiger partial charge is 0.256 e. The maximum Gasteiger partial charge on any atom is 0.256 e. The number of rotatable bonds is 36. The Bertz CT molecular complexity index is 677. The van der Waals surface area contributed by atoms with Crippen molar-refractivity contribution in [2.45, 2.75) is 252 Å². The fraction of sp³-hybridized carbons (Fsp3) is 0.929. The molecule has 2 nitrogen and oxygen atoms in total. The number of imidazole rings is 1. The molecule has 0 fully saturated rings.